The largest absolute Gasteiger partial charge is 0.311 e. The van der Waals surface area contributed by atoms with Crippen molar-refractivity contribution >= 4 is 17.3 Å². The van der Waals surface area contributed by atoms with E-state index >= 15 is 0 Å². The lowest BCUT2D eigenvalue weighted by Crippen LogP contribution is -2.20. The maximum atomic E-state index is 10.9. The first-order valence-corrected chi connectivity index (χ1v) is 6.03. The van der Waals surface area contributed by atoms with Gasteiger partial charge in [0.15, 0.2) is 0 Å². The van der Waals surface area contributed by atoms with Crippen LogP contribution in [-0.4, -0.2) is 26.5 Å². The quantitative estimate of drug-likeness (QED) is 0.494. The number of nitro groups is 1. The summed E-state index contributed by atoms with van der Waals surface area (Å²) in [6, 6.07) is 4.66. The summed E-state index contributed by atoms with van der Waals surface area (Å²) in [6.07, 6.45) is 3.35. The number of hydrogen-bond acceptors (Lipinski definition) is 5. The lowest BCUT2D eigenvalue weighted by Gasteiger charge is -2.07. The first-order chi connectivity index (χ1) is 9.18. The number of nitrogens with one attached hydrogen (secondary N) is 1. The Hall–Kier alpha value is -1.99. The molecule has 2 rings (SSSR count). The fourth-order valence-corrected chi connectivity index (χ4v) is 1.89. The van der Waals surface area contributed by atoms with Crippen molar-refractivity contribution in [3.63, 3.8) is 0 Å². The van der Waals surface area contributed by atoms with Crippen molar-refractivity contribution in [2.24, 2.45) is 0 Å². The van der Waals surface area contributed by atoms with Crippen LogP contribution in [-0.2, 0) is 13.1 Å². The molecule has 0 aliphatic heterocycles. The Morgan fingerprint density at radius 2 is 2.32 bits per heavy atom. The smallest absolute Gasteiger partial charge is 0.275 e. The Morgan fingerprint density at radius 1 is 1.47 bits per heavy atom. The van der Waals surface area contributed by atoms with Gasteiger partial charge in [0.2, 0.25) is 0 Å². The SMILES string of the molecule is O=[N+]([O-])c1cccc(Cl)c1CNCCn1ccnn1. The summed E-state index contributed by atoms with van der Waals surface area (Å²) in [5, 5.41) is 21.9. The lowest BCUT2D eigenvalue weighted by molar-refractivity contribution is -0.385. The number of benzene rings is 1. The number of aromatic nitrogens is 3. The molecule has 2 aromatic rings. The van der Waals surface area contributed by atoms with E-state index in [-0.39, 0.29) is 5.69 Å². The van der Waals surface area contributed by atoms with Crippen molar-refractivity contribution in [3.05, 3.63) is 51.3 Å². The van der Waals surface area contributed by atoms with Crippen LogP contribution >= 0.6 is 11.6 Å². The van der Waals surface area contributed by atoms with Crippen molar-refractivity contribution in [2.45, 2.75) is 13.1 Å². The van der Waals surface area contributed by atoms with E-state index < -0.39 is 4.92 Å². The van der Waals surface area contributed by atoms with Gasteiger partial charge in [-0.1, -0.05) is 22.9 Å². The van der Waals surface area contributed by atoms with Crippen LogP contribution in [0.4, 0.5) is 5.69 Å². The second kappa shape index (κ2) is 6.26. The molecule has 8 heteroatoms. The molecule has 0 atom stereocenters. The maximum absolute atomic E-state index is 10.9. The fourth-order valence-electron chi connectivity index (χ4n) is 1.65. The minimum absolute atomic E-state index is 0.0285. The van der Waals surface area contributed by atoms with E-state index in [1.54, 1.807) is 29.2 Å². The van der Waals surface area contributed by atoms with Crippen LogP contribution in [0.15, 0.2) is 30.6 Å². The molecule has 19 heavy (non-hydrogen) atoms. The Kier molecular flexibility index (Phi) is 4.43. The van der Waals surface area contributed by atoms with Crippen LogP contribution in [0.2, 0.25) is 5.02 Å². The lowest BCUT2D eigenvalue weighted by atomic mass is 10.2. The Bertz CT molecular complexity index is 558. The van der Waals surface area contributed by atoms with E-state index in [0.717, 1.165) is 0 Å². The third kappa shape index (κ3) is 3.49. The van der Waals surface area contributed by atoms with Crippen molar-refractivity contribution in [3.8, 4) is 0 Å². The molecule has 0 bridgehead atoms. The van der Waals surface area contributed by atoms with Crippen LogP contribution in [0.1, 0.15) is 5.56 Å². The zero-order valence-electron chi connectivity index (χ0n) is 9.99. The highest BCUT2D eigenvalue weighted by molar-refractivity contribution is 6.31. The van der Waals surface area contributed by atoms with Gasteiger partial charge in [0.25, 0.3) is 5.69 Å². The molecule has 0 saturated carbocycles. The van der Waals surface area contributed by atoms with Crippen molar-refractivity contribution in [1.29, 1.82) is 0 Å². The van der Waals surface area contributed by atoms with Crippen LogP contribution in [0.25, 0.3) is 0 Å². The topological polar surface area (TPSA) is 85.9 Å². The van der Waals surface area contributed by atoms with Gasteiger partial charge in [-0.3, -0.25) is 14.8 Å². The number of rotatable bonds is 6. The highest BCUT2D eigenvalue weighted by Crippen LogP contribution is 2.25. The molecule has 0 radical (unpaired) electrons. The van der Waals surface area contributed by atoms with Gasteiger partial charge in [-0.25, -0.2) is 0 Å². The van der Waals surface area contributed by atoms with Crippen molar-refractivity contribution in [2.75, 3.05) is 6.54 Å². The maximum Gasteiger partial charge on any atom is 0.275 e. The summed E-state index contributed by atoms with van der Waals surface area (Å²) in [5.41, 5.74) is 0.522. The Balaban J connectivity index is 1.93. The summed E-state index contributed by atoms with van der Waals surface area (Å²) in [6.45, 7) is 1.59. The van der Waals surface area contributed by atoms with Gasteiger partial charge in [-0.05, 0) is 6.07 Å². The molecule has 1 aromatic heterocycles. The van der Waals surface area contributed by atoms with E-state index in [0.29, 0.717) is 30.2 Å². The van der Waals surface area contributed by atoms with Gasteiger partial charge >= 0.3 is 0 Å². The summed E-state index contributed by atoms with van der Waals surface area (Å²) >= 11 is 5.98. The van der Waals surface area contributed by atoms with Gasteiger partial charge in [-0.2, -0.15) is 0 Å². The molecule has 0 saturated heterocycles. The minimum atomic E-state index is -0.430. The molecule has 0 amide bonds. The standard InChI is InChI=1S/C11H12ClN5O2/c12-10-2-1-3-11(17(18)19)9(10)8-13-4-6-16-7-5-14-15-16/h1-3,5,7,13H,4,6,8H2. The summed E-state index contributed by atoms with van der Waals surface area (Å²) in [4.78, 5) is 10.5. The van der Waals surface area contributed by atoms with Gasteiger partial charge < -0.3 is 5.32 Å². The third-order valence-electron chi connectivity index (χ3n) is 2.58. The number of nitro benzene ring substituents is 1. The van der Waals surface area contributed by atoms with Gasteiger partial charge in [0.1, 0.15) is 0 Å². The molecule has 0 unspecified atom stereocenters. The first kappa shape index (κ1) is 13.4. The van der Waals surface area contributed by atoms with E-state index in [9.17, 15) is 10.1 Å². The summed E-state index contributed by atoms with van der Waals surface area (Å²) in [5.74, 6) is 0. The number of halogens is 1. The molecule has 0 spiro atoms. The predicted octanol–water partition coefficient (Wildman–Crippen LogP) is 1.63. The van der Waals surface area contributed by atoms with E-state index in [2.05, 4.69) is 15.6 Å². The van der Waals surface area contributed by atoms with Crippen LogP contribution in [0, 0.1) is 10.1 Å². The number of nitrogens with zero attached hydrogens (tertiary/aromatic N) is 4. The number of hydrogen-bond donors (Lipinski definition) is 1. The van der Waals surface area contributed by atoms with Crippen molar-refractivity contribution < 1.29 is 4.92 Å². The molecule has 0 aliphatic carbocycles. The average Bonchev–Trinajstić information content (AvgIpc) is 2.88. The third-order valence-corrected chi connectivity index (χ3v) is 2.94. The molecular weight excluding hydrogens is 270 g/mol. The van der Waals surface area contributed by atoms with Crippen LogP contribution in [0.5, 0.6) is 0 Å². The molecule has 7 nitrogen and oxygen atoms in total. The highest BCUT2D eigenvalue weighted by Gasteiger charge is 2.15. The van der Waals surface area contributed by atoms with Gasteiger partial charge in [-0.15, -0.1) is 5.10 Å². The predicted molar refractivity (Wildman–Crippen MR) is 69.8 cm³/mol. The molecule has 1 N–H and O–H groups in total. The summed E-state index contributed by atoms with van der Waals surface area (Å²) in [7, 11) is 0. The van der Waals surface area contributed by atoms with Crippen molar-refractivity contribution in [1.82, 2.24) is 20.3 Å². The van der Waals surface area contributed by atoms with E-state index in [1.807, 2.05) is 0 Å². The molecular formula is C11H12ClN5O2. The average molecular weight is 282 g/mol. The zero-order chi connectivity index (χ0) is 13.7. The monoisotopic (exact) mass is 281 g/mol. The van der Waals surface area contributed by atoms with Crippen LogP contribution in [0.3, 0.4) is 0 Å². The molecule has 0 fully saturated rings. The molecule has 1 heterocycles. The highest BCUT2D eigenvalue weighted by atomic mass is 35.5. The fraction of sp³-hybridized carbons (Fsp3) is 0.273. The van der Waals surface area contributed by atoms with Crippen LogP contribution < -0.4 is 5.32 Å². The molecule has 1 aromatic carbocycles. The summed E-state index contributed by atoms with van der Waals surface area (Å²) < 4.78 is 1.67. The van der Waals surface area contributed by atoms with Gasteiger partial charge in [0.05, 0.1) is 28.3 Å². The van der Waals surface area contributed by atoms with E-state index in [1.165, 1.54) is 6.07 Å². The van der Waals surface area contributed by atoms with Gasteiger partial charge in [0, 0.05) is 25.4 Å². The van der Waals surface area contributed by atoms with E-state index in [4.69, 9.17) is 11.6 Å². The Morgan fingerprint density at radius 3 is 3.00 bits per heavy atom. The molecule has 100 valence electrons. The first-order valence-electron chi connectivity index (χ1n) is 5.65. The minimum Gasteiger partial charge on any atom is -0.311 e. The normalized spacial score (nSPS) is 10.6. The Labute approximate surface area is 114 Å². The zero-order valence-corrected chi connectivity index (χ0v) is 10.7. The second-order valence-corrected chi connectivity index (χ2v) is 4.24. The molecule has 0 aliphatic rings. The second-order valence-electron chi connectivity index (χ2n) is 3.84.